The van der Waals surface area contributed by atoms with Crippen LogP contribution in [0.1, 0.15) is 43.4 Å². The van der Waals surface area contributed by atoms with Gasteiger partial charge in [-0.2, -0.15) is 0 Å². The minimum atomic E-state index is -2.86. The molecule has 1 saturated heterocycles. The van der Waals surface area contributed by atoms with Gasteiger partial charge in [0.2, 0.25) is 0 Å². The third-order valence-electron chi connectivity index (χ3n) is 4.13. The van der Waals surface area contributed by atoms with Crippen molar-refractivity contribution in [2.45, 2.75) is 39.2 Å². The van der Waals surface area contributed by atoms with Crippen molar-refractivity contribution in [1.29, 1.82) is 0 Å². The van der Waals surface area contributed by atoms with Crippen LogP contribution in [0.15, 0.2) is 18.2 Å². The van der Waals surface area contributed by atoms with E-state index in [-0.39, 0.29) is 23.5 Å². The molecule has 1 N–H and O–H groups in total. The highest BCUT2D eigenvalue weighted by Crippen LogP contribution is 2.29. The Kier molecular flexibility index (Phi) is 5.38. The van der Waals surface area contributed by atoms with Gasteiger partial charge in [-0.05, 0) is 55.8 Å². The second-order valence-corrected chi connectivity index (χ2v) is 8.25. The molecule has 1 fully saturated rings. The van der Waals surface area contributed by atoms with Crippen molar-refractivity contribution in [1.82, 2.24) is 5.32 Å². The van der Waals surface area contributed by atoms with Gasteiger partial charge < -0.3 is 5.32 Å². The smallest absolute Gasteiger partial charge is 0.150 e. The van der Waals surface area contributed by atoms with E-state index in [2.05, 4.69) is 12.2 Å². The van der Waals surface area contributed by atoms with Gasteiger partial charge in [-0.1, -0.05) is 19.1 Å². The molecule has 1 aliphatic heterocycles. The summed E-state index contributed by atoms with van der Waals surface area (Å²) in [5, 5.41) is 3.43. The molecule has 2 rings (SSSR count). The quantitative estimate of drug-likeness (QED) is 0.878. The molecule has 0 aliphatic carbocycles. The summed E-state index contributed by atoms with van der Waals surface area (Å²) in [6.45, 7) is 4.68. The Morgan fingerprint density at radius 2 is 2.19 bits per heavy atom. The Morgan fingerprint density at radius 1 is 1.43 bits per heavy atom. The Balaban J connectivity index is 2.12. The van der Waals surface area contributed by atoms with Crippen molar-refractivity contribution in [2.24, 2.45) is 5.92 Å². The molecule has 21 heavy (non-hydrogen) atoms. The minimum absolute atomic E-state index is 0.0262. The number of nitrogens with one attached hydrogen (secondary N) is 1. The van der Waals surface area contributed by atoms with Gasteiger partial charge in [0.15, 0.2) is 9.84 Å². The van der Waals surface area contributed by atoms with Crippen LogP contribution in [0.25, 0.3) is 0 Å². The number of benzene rings is 1. The monoisotopic (exact) mass is 313 g/mol. The second-order valence-electron chi connectivity index (χ2n) is 6.02. The number of sulfone groups is 1. The van der Waals surface area contributed by atoms with Crippen molar-refractivity contribution < 1.29 is 12.8 Å². The predicted octanol–water partition coefficient (Wildman–Crippen LogP) is 3.00. The third-order valence-corrected chi connectivity index (χ3v) is 5.97. The zero-order valence-electron chi connectivity index (χ0n) is 12.7. The lowest BCUT2D eigenvalue weighted by Crippen LogP contribution is -2.25. The summed E-state index contributed by atoms with van der Waals surface area (Å²) >= 11 is 0. The van der Waals surface area contributed by atoms with Crippen molar-refractivity contribution in [2.75, 3.05) is 18.1 Å². The number of halogens is 1. The largest absolute Gasteiger partial charge is 0.310 e. The summed E-state index contributed by atoms with van der Waals surface area (Å²) in [7, 11) is -2.86. The first-order valence-electron chi connectivity index (χ1n) is 7.61. The topological polar surface area (TPSA) is 46.2 Å². The van der Waals surface area contributed by atoms with E-state index < -0.39 is 9.84 Å². The molecule has 1 aliphatic rings. The fraction of sp³-hybridized carbons (Fsp3) is 0.625. The van der Waals surface area contributed by atoms with E-state index in [0.29, 0.717) is 11.3 Å². The molecule has 0 bridgehead atoms. The zero-order chi connectivity index (χ0) is 15.5. The number of aryl methyl sites for hydroxylation is 1. The van der Waals surface area contributed by atoms with E-state index in [1.54, 1.807) is 19.1 Å². The lowest BCUT2D eigenvalue weighted by Gasteiger charge is -2.22. The van der Waals surface area contributed by atoms with E-state index in [0.717, 1.165) is 31.4 Å². The number of hydrogen-bond donors (Lipinski definition) is 1. The molecule has 0 aromatic heterocycles. The molecule has 0 radical (unpaired) electrons. The summed E-state index contributed by atoms with van der Waals surface area (Å²) < 4.78 is 37.0. The standard InChI is InChI=1S/C16H24FNO2S/c1-3-7-18-16(9-13-6-8-21(19,20)11-13)14-5-4-12(2)15(17)10-14/h4-5,10,13,16,18H,3,6-9,11H2,1-2H3. The Bertz CT molecular complexity index is 586. The highest BCUT2D eigenvalue weighted by atomic mass is 32.2. The van der Waals surface area contributed by atoms with Gasteiger partial charge in [-0.3, -0.25) is 0 Å². The van der Waals surface area contributed by atoms with Gasteiger partial charge in [-0.15, -0.1) is 0 Å². The fourth-order valence-electron chi connectivity index (χ4n) is 2.87. The Morgan fingerprint density at radius 3 is 2.76 bits per heavy atom. The van der Waals surface area contributed by atoms with Crippen LogP contribution in [0.2, 0.25) is 0 Å². The maximum atomic E-state index is 13.8. The number of hydrogen-bond acceptors (Lipinski definition) is 3. The Labute approximate surface area is 126 Å². The van der Waals surface area contributed by atoms with E-state index in [9.17, 15) is 12.8 Å². The summed E-state index contributed by atoms with van der Waals surface area (Å²) in [6.07, 6.45) is 2.47. The van der Waals surface area contributed by atoms with Crippen LogP contribution in [0.3, 0.4) is 0 Å². The van der Waals surface area contributed by atoms with E-state index in [1.807, 2.05) is 6.07 Å². The van der Waals surface area contributed by atoms with Gasteiger partial charge in [0.25, 0.3) is 0 Å². The first-order valence-corrected chi connectivity index (χ1v) is 9.43. The molecule has 0 spiro atoms. The fourth-order valence-corrected chi connectivity index (χ4v) is 4.75. The number of rotatable bonds is 6. The molecule has 3 nitrogen and oxygen atoms in total. The van der Waals surface area contributed by atoms with Gasteiger partial charge in [0.05, 0.1) is 11.5 Å². The minimum Gasteiger partial charge on any atom is -0.310 e. The molecule has 1 aromatic rings. The van der Waals surface area contributed by atoms with E-state index in [4.69, 9.17) is 0 Å². The SMILES string of the molecule is CCCNC(CC1CCS(=O)(=O)C1)c1ccc(C)c(F)c1. The molecule has 0 amide bonds. The maximum Gasteiger partial charge on any atom is 0.150 e. The van der Waals surface area contributed by atoms with Crippen LogP contribution in [-0.4, -0.2) is 26.5 Å². The van der Waals surface area contributed by atoms with Gasteiger partial charge in [-0.25, -0.2) is 12.8 Å². The lowest BCUT2D eigenvalue weighted by atomic mass is 9.93. The van der Waals surface area contributed by atoms with Gasteiger partial charge >= 0.3 is 0 Å². The molecular weight excluding hydrogens is 289 g/mol. The first-order chi connectivity index (χ1) is 9.91. The Hall–Kier alpha value is -0.940. The summed E-state index contributed by atoms with van der Waals surface area (Å²) in [5.74, 6) is 0.537. The summed E-state index contributed by atoms with van der Waals surface area (Å²) in [4.78, 5) is 0. The average Bonchev–Trinajstić information content (AvgIpc) is 2.77. The first kappa shape index (κ1) is 16.4. The van der Waals surface area contributed by atoms with Crippen LogP contribution < -0.4 is 5.32 Å². The molecule has 2 atom stereocenters. The van der Waals surface area contributed by atoms with Crippen molar-refractivity contribution in [3.8, 4) is 0 Å². The van der Waals surface area contributed by atoms with Crippen LogP contribution in [0.5, 0.6) is 0 Å². The van der Waals surface area contributed by atoms with Crippen molar-refractivity contribution in [3.63, 3.8) is 0 Å². The van der Waals surface area contributed by atoms with Crippen LogP contribution in [-0.2, 0) is 9.84 Å². The normalized spacial score (nSPS) is 22.3. The van der Waals surface area contributed by atoms with E-state index >= 15 is 0 Å². The summed E-state index contributed by atoms with van der Waals surface area (Å²) in [5.41, 5.74) is 1.55. The van der Waals surface area contributed by atoms with Gasteiger partial charge in [0.1, 0.15) is 5.82 Å². The predicted molar refractivity (Wildman–Crippen MR) is 83.5 cm³/mol. The van der Waals surface area contributed by atoms with Crippen molar-refractivity contribution in [3.05, 3.63) is 35.1 Å². The van der Waals surface area contributed by atoms with Crippen molar-refractivity contribution >= 4 is 9.84 Å². The van der Waals surface area contributed by atoms with E-state index in [1.165, 1.54) is 0 Å². The summed E-state index contributed by atoms with van der Waals surface area (Å²) in [6, 6.07) is 5.33. The van der Waals surface area contributed by atoms with Crippen LogP contribution >= 0.6 is 0 Å². The zero-order valence-corrected chi connectivity index (χ0v) is 13.5. The third kappa shape index (κ3) is 4.51. The van der Waals surface area contributed by atoms with Crippen LogP contribution in [0.4, 0.5) is 4.39 Å². The van der Waals surface area contributed by atoms with Gasteiger partial charge in [0, 0.05) is 6.04 Å². The van der Waals surface area contributed by atoms with Crippen LogP contribution in [0, 0.1) is 18.7 Å². The molecule has 0 saturated carbocycles. The molecule has 1 aromatic carbocycles. The maximum absolute atomic E-state index is 13.8. The highest BCUT2D eigenvalue weighted by Gasteiger charge is 2.30. The average molecular weight is 313 g/mol. The highest BCUT2D eigenvalue weighted by molar-refractivity contribution is 7.91. The molecular formula is C16H24FNO2S. The second kappa shape index (κ2) is 6.88. The molecule has 1 heterocycles. The lowest BCUT2D eigenvalue weighted by molar-refractivity contribution is 0.413. The molecule has 5 heteroatoms. The molecule has 118 valence electrons. The molecule has 2 unspecified atom stereocenters.